The third-order valence-corrected chi connectivity index (χ3v) is 4.76. The van der Waals surface area contributed by atoms with Crippen molar-refractivity contribution < 1.29 is 23.8 Å². The fourth-order valence-electron chi connectivity index (χ4n) is 3.34. The van der Waals surface area contributed by atoms with Crippen LogP contribution in [0.4, 0.5) is 0 Å². The molecule has 0 aliphatic carbocycles. The number of aryl methyl sites for hydroxylation is 4. The lowest BCUT2D eigenvalue weighted by Gasteiger charge is -2.18. The van der Waals surface area contributed by atoms with Crippen molar-refractivity contribution in [3.05, 3.63) is 58.1 Å². The van der Waals surface area contributed by atoms with Crippen molar-refractivity contribution in [1.29, 1.82) is 0 Å². The first-order valence-corrected chi connectivity index (χ1v) is 11.0. The lowest BCUT2D eigenvalue weighted by molar-refractivity contribution is -0.136. The van der Waals surface area contributed by atoms with Crippen LogP contribution in [0.5, 0.6) is 11.5 Å². The highest BCUT2D eigenvalue weighted by molar-refractivity contribution is 5.82. The third-order valence-electron chi connectivity index (χ3n) is 4.76. The second-order valence-electron chi connectivity index (χ2n) is 7.93. The van der Waals surface area contributed by atoms with Gasteiger partial charge in [0.2, 0.25) is 0 Å². The van der Waals surface area contributed by atoms with Gasteiger partial charge in [0.25, 0.3) is 5.91 Å². The highest BCUT2D eigenvalue weighted by atomic mass is 16.7. The molecule has 3 N–H and O–H groups in total. The van der Waals surface area contributed by atoms with Gasteiger partial charge in [-0.3, -0.25) is 9.63 Å². The minimum Gasteiger partial charge on any atom is -0.457 e. The molecule has 32 heavy (non-hydrogen) atoms. The molecule has 176 valence electrons. The van der Waals surface area contributed by atoms with Crippen molar-refractivity contribution in [1.82, 2.24) is 5.48 Å². The van der Waals surface area contributed by atoms with Gasteiger partial charge in [-0.05, 0) is 74.1 Å². The maximum atomic E-state index is 12.4. The Morgan fingerprint density at radius 1 is 0.875 bits per heavy atom. The van der Waals surface area contributed by atoms with Gasteiger partial charge in [0.1, 0.15) is 17.5 Å². The number of carbonyl (C=O) groups excluding carboxylic acids is 1. The van der Waals surface area contributed by atoms with Crippen LogP contribution in [0.2, 0.25) is 0 Å². The monoisotopic (exact) mass is 444 g/mol. The van der Waals surface area contributed by atoms with Crippen LogP contribution in [0, 0.1) is 27.7 Å². The van der Waals surface area contributed by atoms with E-state index in [0.717, 1.165) is 46.8 Å². The molecule has 0 saturated heterocycles. The third kappa shape index (κ3) is 8.24. The molecule has 0 aliphatic heterocycles. The molecule has 0 aromatic heterocycles. The zero-order valence-electron chi connectivity index (χ0n) is 19.8. The number of hydrogen-bond acceptors (Lipinski definition) is 6. The first-order chi connectivity index (χ1) is 15.3. The molecule has 0 bridgehead atoms. The van der Waals surface area contributed by atoms with Crippen LogP contribution in [-0.2, 0) is 19.1 Å². The first kappa shape index (κ1) is 25.8. The molecule has 7 heteroatoms. The van der Waals surface area contributed by atoms with Gasteiger partial charge in [0.15, 0.2) is 0 Å². The Hall–Kier alpha value is -2.45. The van der Waals surface area contributed by atoms with Crippen molar-refractivity contribution >= 4 is 5.91 Å². The molecule has 1 atom stereocenters. The van der Waals surface area contributed by atoms with Crippen LogP contribution in [0.15, 0.2) is 30.3 Å². The highest BCUT2D eigenvalue weighted by Crippen LogP contribution is 2.32. The highest BCUT2D eigenvalue weighted by Gasteiger charge is 2.19. The van der Waals surface area contributed by atoms with Crippen LogP contribution in [-0.4, -0.2) is 38.9 Å². The molecule has 1 amide bonds. The van der Waals surface area contributed by atoms with E-state index in [-0.39, 0.29) is 6.61 Å². The number of hydrogen-bond donors (Lipinski definition) is 2. The average Bonchev–Trinajstić information content (AvgIpc) is 2.73. The zero-order chi connectivity index (χ0) is 23.5. The van der Waals surface area contributed by atoms with E-state index in [9.17, 15) is 4.79 Å². The summed E-state index contributed by atoms with van der Waals surface area (Å²) in [6.45, 7) is 12.4. The number of carbonyl (C=O) groups is 1. The lowest BCUT2D eigenvalue weighted by Crippen LogP contribution is -2.35. The van der Waals surface area contributed by atoms with E-state index in [2.05, 4.69) is 18.5 Å². The van der Waals surface area contributed by atoms with Crippen molar-refractivity contribution in [2.24, 2.45) is 5.73 Å². The Morgan fingerprint density at radius 3 is 2.03 bits per heavy atom. The Labute approximate surface area is 191 Å². The molecule has 1 unspecified atom stereocenters. The zero-order valence-corrected chi connectivity index (χ0v) is 19.8. The number of benzene rings is 2. The minimum atomic E-state index is -0.856. The molecular formula is C25H36N2O5. The quantitative estimate of drug-likeness (QED) is 0.355. The Kier molecular flexibility index (Phi) is 10.6. The van der Waals surface area contributed by atoms with Crippen LogP contribution in [0.1, 0.15) is 47.2 Å². The number of ether oxygens (including phenoxy) is 3. The molecule has 7 nitrogen and oxygen atoms in total. The molecule has 2 aromatic rings. The van der Waals surface area contributed by atoms with Gasteiger partial charge in [0, 0.05) is 6.61 Å². The lowest BCUT2D eigenvalue weighted by atomic mass is 10.00. The van der Waals surface area contributed by atoms with Gasteiger partial charge in [-0.25, -0.2) is 5.48 Å². The smallest absolute Gasteiger partial charge is 0.265 e. The number of rotatable bonds is 13. The van der Waals surface area contributed by atoms with Crippen LogP contribution in [0.3, 0.4) is 0 Å². The van der Waals surface area contributed by atoms with Gasteiger partial charge in [-0.15, -0.1) is 0 Å². The van der Waals surface area contributed by atoms with Crippen molar-refractivity contribution in [3.8, 4) is 11.5 Å². The van der Waals surface area contributed by atoms with Gasteiger partial charge >= 0.3 is 0 Å². The second kappa shape index (κ2) is 13.2. The van der Waals surface area contributed by atoms with E-state index < -0.39 is 11.9 Å². The summed E-state index contributed by atoms with van der Waals surface area (Å²) < 4.78 is 16.8. The van der Waals surface area contributed by atoms with Gasteiger partial charge in [-0.2, -0.15) is 0 Å². The summed E-state index contributed by atoms with van der Waals surface area (Å²) in [7, 11) is 0. The second-order valence-corrected chi connectivity index (χ2v) is 7.93. The molecule has 2 aromatic carbocycles. The summed E-state index contributed by atoms with van der Waals surface area (Å²) in [5, 5.41) is 0. The molecule has 0 saturated carbocycles. The summed E-state index contributed by atoms with van der Waals surface area (Å²) in [4.78, 5) is 17.6. The standard InChI is InChI=1S/C25H36N2O5/c1-6-7-29-8-9-30-10-11-31-27-25(28)23(26)21-15-19(4)24(20(5)16-21)32-22-13-17(2)12-18(3)14-22/h12-16,23H,6-11,26H2,1-5H3,(H,27,28). The molecule has 2 rings (SSSR count). The summed E-state index contributed by atoms with van der Waals surface area (Å²) in [5.74, 6) is 1.14. The van der Waals surface area contributed by atoms with E-state index in [1.807, 2.05) is 52.0 Å². The predicted molar refractivity (Wildman–Crippen MR) is 125 cm³/mol. The van der Waals surface area contributed by atoms with Gasteiger partial charge < -0.3 is 19.9 Å². The van der Waals surface area contributed by atoms with Gasteiger partial charge in [0.05, 0.1) is 26.4 Å². The predicted octanol–water partition coefficient (Wildman–Crippen LogP) is 4.20. The Bertz CT molecular complexity index is 841. The number of hydroxylamine groups is 1. The van der Waals surface area contributed by atoms with Crippen molar-refractivity contribution in [2.75, 3.05) is 33.0 Å². The molecule has 0 radical (unpaired) electrons. The van der Waals surface area contributed by atoms with Crippen LogP contribution < -0.4 is 16.0 Å². The first-order valence-electron chi connectivity index (χ1n) is 11.0. The maximum Gasteiger partial charge on any atom is 0.265 e. The molecule has 0 spiro atoms. The topological polar surface area (TPSA) is 92.0 Å². The van der Waals surface area contributed by atoms with E-state index >= 15 is 0 Å². The summed E-state index contributed by atoms with van der Waals surface area (Å²) >= 11 is 0. The minimum absolute atomic E-state index is 0.229. The molecule has 0 heterocycles. The fraction of sp³-hybridized carbons (Fsp3) is 0.480. The molecule has 0 fully saturated rings. The van der Waals surface area contributed by atoms with Gasteiger partial charge in [-0.1, -0.05) is 25.1 Å². The number of nitrogens with one attached hydrogen (secondary N) is 1. The summed E-state index contributed by atoms with van der Waals surface area (Å²) in [6, 6.07) is 8.98. The van der Waals surface area contributed by atoms with E-state index in [1.54, 1.807) is 0 Å². The van der Waals surface area contributed by atoms with E-state index in [0.29, 0.717) is 25.4 Å². The fourth-order valence-corrected chi connectivity index (χ4v) is 3.34. The van der Waals surface area contributed by atoms with E-state index in [1.165, 1.54) is 0 Å². The van der Waals surface area contributed by atoms with Crippen molar-refractivity contribution in [3.63, 3.8) is 0 Å². The number of amides is 1. The SMILES string of the molecule is CCCOCCOCCONC(=O)C(N)c1cc(C)c(Oc2cc(C)cc(C)c2)c(C)c1. The normalized spacial score (nSPS) is 11.9. The van der Waals surface area contributed by atoms with Crippen LogP contribution in [0.25, 0.3) is 0 Å². The largest absolute Gasteiger partial charge is 0.457 e. The Morgan fingerprint density at radius 2 is 1.44 bits per heavy atom. The maximum absolute atomic E-state index is 12.4. The Balaban J connectivity index is 1.86. The summed E-state index contributed by atoms with van der Waals surface area (Å²) in [6.07, 6.45) is 0.983. The van der Waals surface area contributed by atoms with Crippen LogP contribution >= 0.6 is 0 Å². The molecule has 0 aliphatic rings. The van der Waals surface area contributed by atoms with Crippen molar-refractivity contribution in [2.45, 2.75) is 47.1 Å². The average molecular weight is 445 g/mol. The molecular weight excluding hydrogens is 408 g/mol. The summed E-state index contributed by atoms with van der Waals surface area (Å²) in [5.41, 5.74) is 13.3. The van der Waals surface area contributed by atoms with E-state index in [4.69, 9.17) is 24.8 Å². The number of nitrogens with two attached hydrogens (primary N) is 1.